The number of aromatic nitrogens is 2. The van der Waals surface area contributed by atoms with Gasteiger partial charge in [-0.1, -0.05) is 27.7 Å². The normalized spacial score (nSPS) is 13.1. The third kappa shape index (κ3) is 5.15. The lowest BCUT2D eigenvalue weighted by atomic mass is 10.2. The zero-order chi connectivity index (χ0) is 14.4. The lowest BCUT2D eigenvalue weighted by Gasteiger charge is -2.24. The zero-order valence-corrected chi connectivity index (χ0v) is 13.2. The van der Waals surface area contributed by atoms with E-state index in [-0.39, 0.29) is 0 Å². The van der Waals surface area contributed by atoms with Gasteiger partial charge in [0.05, 0.1) is 0 Å². The van der Waals surface area contributed by atoms with Crippen LogP contribution in [0.15, 0.2) is 6.07 Å². The van der Waals surface area contributed by atoms with Gasteiger partial charge >= 0.3 is 0 Å². The van der Waals surface area contributed by atoms with E-state index in [0.29, 0.717) is 12.0 Å². The van der Waals surface area contributed by atoms with Crippen LogP contribution in [0.5, 0.6) is 0 Å². The summed E-state index contributed by atoms with van der Waals surface area (Å²) in [7, 11) is 0. The second-order valence-corrected chi connectivity index (χ2v) is 5.44. The number of anilines is 1. The number of nitrogens with zero attached hydrogens (tertiary/aromatic N) is 3. The smallest absolute Gasteiger partial charge is 0.133 e. The first-order valence-electron chi connectivity index (χ1n) is 7.30. The molecule has 4 nitrogen and oxygen atoms in total. The fourth-order valence-electron chi connectivity index (χ4n) is 2.09. The molecule has 0 amide bonds. The number of rotatable bonds is 7. The minimum Gasteiger partial charge on any atom is -0.366 e. The fourth-order valence-corrected chi connectivity index (χ4v) is 2.09. The van der Waals surface area contributed by atoms with Crippen molar-refractivity contribution in [2.24, 2.45) is 0 Å². The zero-order valence-electron chi connectivity index (χ0n) is 13.2. The molecule has 1 heterocycles. The van der Waals surface area contributed by atoms with Gasteiger partial charge in [0.15, 0.2) is 0 Å². The molecule has 4 heteroatoms. The summed E-state index contributed by atoms with van der Waals surface area (Å²) >= 11 is 0. The highest BCUT2D eigenvalue weighted by Gasteiger charge is 2.10. The van der Waals surface area contributed by atoms with Crippen LogP contribution in [0, 0.1) is 6.92 Å². The van der Waals surface area contributed by atoms with Crippen LogP contribution in [0.3, 0.4) is 0 Å². The SMILES string of the molecule is CCN(CC)CC(C)Nc1cc(C)nc(C(C)C)n1. The highest BCUT2D eigenvalue weighted by molar-refractivity contribution is 5.37. The molecule has 0 saturated carbocycles. The lowest BCUT2D eigenvalue weighted by molar-refractivity contribution is 0.294. The number of hydrogen-bond acceptors (Lipinski definition) is 4. The van der Waals surface area contributed by atoms with Crippen molar-refractivity contribution in [3.05, 3.63) is 17.6 Å². The molecule has 0 fully saturated rings. The number of likely N-dealkylation sites (N-methyl/N-ethyl adjacent to an activating group) is 1. The third-order valence-electron chi connectivity index (χ3n) is 3.21. The summed E-state index contributed by atoms with van der Waals surface area (Å²) in [4.78, 5) is 11.5. The van der Waals surface area contributed by atoms with E-state index in [9.17, 15) is 0 Å². The third-order valence-corrected chi connectivity index (χ3v) is 3.21. The minimum absolute atomic E-state index is 0.360. The lowest BCUT2D eigenvalue weighted by Crippen LogP contribution is -2.35. The van der Waals surface area contributed by atoms with Gasteiger partial charge in [-0.15, -0.1) is 0 Å². The first-order chi connectivity index (χ1) is 8.96. The Morgan fingerprint density at radius 3 is 2.32 bits per heavy atom. The van der Waals surface area contributed by atoms with Gasteiger partial charge in [0.25, 0.3) is 0 Å². The Labute approximate surface area is 117 Å². The van der Waals surface area contributed by atoms with E-state index >= 15 is 0 Å². The Kier molecular flexibility index (Phi) is 6.22. The second kappa shape index (κ2) is 7.43. The first kappa shape index (κ1) is 15.9. The van der Waals surface area contributed by atoms with Gasteiger partial charge in [0.2, 0.25) is 0 Å². The van der Waals surface area contributed by atoms with E-state index in [2.05, 4.69) is 54.8 Å². The van der Waals surface area contributed by atoms with Gasteiger partial charge in [-0.2, -0.15) is 0 Å². The summed E-state index contributed by atoms with van der Waals surface area (Å²) < 4.78 is 0. The van der Waals surface area contributed by atoms with E-state index in [1.165, 1.54) is 0 Å². The van der Waals surface area contributed by atoms with Crippen molar-refractivity contribution in [1.29, 1.82) is 0 Å². The van der Waals surface area contributed by atoms with Gasteiger partial charge in [0.1, 0.15) is 11.6 Å². The average Bonchev–Trinajstić information content (AvgIpc) is 2.35. The molecule has 0 radical (unpaired) electrons. The number of aryl methyl sites for hydroxylation is 1. The number of nitrogens with one attached hydrogen (secondary N) is 1. The molecular formula is C15H28N4. The molecule has 1 unspecified atom stereocenters. The van der Waals surface area contributed by atoms with E-state index in [0.717, 1.165) is 37.0 Å². The maximum Gasteiger partial charge on any atom is 0.133 e. The Balaban J connectivity index is 2.70. The molecule has 1 rings (SSSR count). The van der Waals surface area contributed by atoms with Gasteiger partial charge in [-0.05, 0) is 26.9 Å². The van der Waals surface area contributed by atoms with Crippen LogP contribution in [-0.4, -0.2) is 40.5 Å². The summed E-state index contributed by atoms with van der Waals surface area (Å²) in [5, 5.41) is 3.48. The summed E-state index contributed by atoms with van der Waals surface area (Å²) in [5.74, 6) is 2.21. The van der Waals surface area contributed by atoms with E-state index in [1.807, 2.05) is 13.0 Å². The topological polar surface area (TPSA) is 41.0 Å². The van der Waals surface area contributed by atoms with Gasteiger partial charge in [0, 0.05) is 30.3 Å². The largest absolute Gasteiger partial charge is 0.366 e. The molecule has 0 aromatic carbocycles. The van der Waals surface area contributed by atoms with E-state index in [1.54, 1.807) is 0 Å². The van der Waals surface area contributed by atoms with Crippen molar-refractivity contribution in [2.75, 3.05) is 25.0 Å². The van der Waals surface area contributed by atoms with Crippen LogP contribution in [0.25, 0.3) is 0 Å². The standard InChI is InChI=1S/C15H28N4/c1-7-19(8-2)10-13(6)16-14-9-12(5)17-15(18-14)11(3)4/h9,11,13H,7-8,10H2,1-6H3,(H,16,17,18). The van der Waals surface area contributed by atoms with Crippen LogP contribution in [-0.2, 0) is 0 Å². The van der Waals surface area contributed by atoms with Crippen molar-refractivity contribution in [3.8, 4) is 0 Å². The van der Waals surface area contributed by atoms with Crippen molar-refractivity contribution in [3.63, 3.8) is 0 Å². The predicted octanol–water partition coefficient (Wildman–Crippen LogP) is 3.05. The van der Waals surface area contributed by atoms with Crippen LogP contribution in [0.2, 0.25) is 0 Å². The van der Waals surface area contributed by atoms with Crippen LogP contribution in [0.4, 0.5) is 5.82 Å². The molecule has 0 aliphatic carbocycles. The van der Waals surface area contributed by atoms with Crippen molar-refractivity contribution in [2.45, 2.75) is 53.5 Å². The molecule has 1 atom stereocenters. The van der Waals surface area contributed by atoms with Crippen LogP contribution < -0.4 is 5.32 Å². The van der Waals surface area contributed by atoms with E-state index < -0.39 is 0 Å². The summed E-state index contributed by atoms with van der Waals surface area (Å²) in [6.45, 7) is 16.1. The summed E-state index contributed by atoms with van der Waals surface area (Å²) in [5.41, 5.74) is 1.02. The molecule has 1 aromatic rings. The van der Waals surface area contributed by atoms with Crippen LogP contribution in [0.1, 0.15) is 52.1 Å². The molecule has 0 aliphatic rings. The maximum absolute atomic E-state index is 4.59. The molecule has 108 valence electrons. The Morgan fingerprint density at radius 1 is 1.16 bits per heavy atom. The molecule has 0 spiro atoms. The highest BCUT2D eigenvalue weighted by atomic mass is 15.2. The van der Waals surface area contributed by atoms with Gasteiger partial charge < -0.3 is 10.2 Å². The molecule has 19 heavy (non-hydrogen) atoms. The predicted molar refractivity (Wildman–Crippen MR) is 81.7 cm³/mol. The summed E-state index contributed by atoms with van der Waals surface area (Å²) in [6.07, 6.45) is 0. The Hall–Kier alpha value is -1.16. The monoisotopic (exact) mass is 264 g/mol. The summed E-state index contributed by atoms with van der Waals surface area (Å²) in [6, 6.07) is 2.40. The molecule has 1 N–H and O–H groups in total. The Bertz CT molecular complexity index is 386. The van der Waals surface area contributed by atoms with Gasteiger partial charge in [-0.25, -0.2) is 9.97 Å². The molecule has 0 aliphatic heterocycles. The Morgan fingerprint density at radius 2 is 1.79 bits per heavy atom. The number of hydrogen-bond donors (Lipinski definition) is 1. The van der Waals surface area contributed by atoms with Crippen molar-refractivity contribution >= 4 is 5.82 Å². The minimum atomic E-state index is 0.360. The maximum atomic E-state index is 4.59. The molecule has 0 bridgehead atoms. The van der Waals surface area contributed by atoms with Crippen molar-refractivity contribution in [1.82, 2.24) is 14.9 Å². The first-order valence-corrected chi connectivity index (χ1v) is 7.30. The van der Waals surface area contributed by atoms with Gasteiger partial charge in [-0.3, -0.25) is 0 Å². The van der Waals surface area contributed by atoms with E-state index in [4.69, 9.17) is 0 Å². The second-order valence-electron chi connectivity index (χ2n) is 5.44. The molecule has 0 saturated heterocycles. The highest BCUT2D eigenvalue weighted by Crippen LogP contribution is 2.14. The molecular weight excluding hydrogens is 236 g/mol. The average molecular weight is 264 g/mol. The fraction of sp³-hybridized carbons (Fsp3) is 0.733. The molecule has 1 aromatic heterocycles. The van der Waals surface area contributed by atoms with Crippen LogP contribution >= 0.6 is 0 Å². The quantitative estimate of drug-likeness (QED) is 0.822. The van der Waals surface area contributed by atoms with Crippen molar-refractivity contribution < 1.29 is 0 Å².